The molecule has 0 saturated carbocycles. The van der Waals surface area contributed by atoms with E-state index in [1.807, 2.05) is 24.3 Å². The standard InChI is InChI=1S/C24H18N4O/c1-16-6-5-9-18-12-19(23(28-22(16)18)17-7-3-2-4-8-17)14-29-24-20-10-11-25-13-21(20)26-15-27-24/h2-13,15H,14H2,1H3. The van der Waals surface area contributed by atoms with Crippen LogP contribution >= 0.6 is 0 Å². The minimum Gasteiger partial charge on any atom is -0.472 e. The minimum absolute atomic E-state index is 0.357. The van der Waals surface area contributed by atoms with Crippen molar-refractivity contribution in [2.45, 2.75) is 13.5 Å². The van der Waals surface area contributed by atoms with Crippen LogP contribution in [0.1, 0.15) is 11.1 Å². The molecule has 0 amide bonds. The van der Waals surface area contributed by atoms with E-state index in [0.717, 1.165) is 44.2 Å². The first-order valence-electron chi connectivity index (χ1n) is 9.42. The van der Waals surface area contributed by atoms with Crippen LogP contribution in [-0.4, -0.2) is 19.9 Å². The molecule has 0 spiro atoms. The maximum atomic E-state index is 6.13. The van der Waals surface area contributed by atoms with Crippen molar-refractivity contribution >= 4 is 21.8 Å². The SMILES string of the molecule is Cc1cccc2cc(COc3ncnc4cnccc34)c(-c3ccccc3)nc12. The Morgan fingerprint density at radius 3 is 2.72 bits per heavy atom. The van der Waals surface area contributed by atoms with Crippen LogP contribution in [-0.2, 0) is 6.61 Å². The number of aryl methyl sites for hydroxylation is 1. The molecular weight excluding hydrogens is 360 g/mol. The number of hydrogen-bond donors (Lipinski definition) is 0. The number of rotatable bonds is 4. The smallest absolute Gasteiger partial charge is 0.224 e. The molecule has 0 saturated heterocycles. The van der Waals surface area contributed by atoms with Crippen LogP contribution in [0.25, 0.3) is 33.1 Å². The molecule has 5 aromatic rings. The highest BCUT2D eigenvalue weighted by atomic mass is 16.5. The van der Waals surface area contributed by atoms with Crippen molar-refractivity contribution in [3.63, 3.8) is 0 Å². The van der Waals surface area contributed by atoms with Crippen molar-refractivity contribution in [2.24, 2.45) is 0 Å². The quantitative estimate of drug-likeness (QED) is 0.434. The zero-order valence-corrected chi connectivity index (χ0v) is 15.9. The highest BCUT2D eigenvalue weighted by Gasteiger charge is 2.13. The van der Waals surface area contributed by atoms with Gasteiger partial charge in [-0.2, -0.15) is 0 Å². The van der Waals surface area contributed by atoms with E-state index >= 15 is 0 Å². The van der Waals surface area contributed by atoms with Gasteiger partial charge in [-0.25, -0.2) is 15.0 Å². The van der Waals surface area contributed by atoms with E-state index < -0.39 is 0 Å². The van der Waals surface area contributed by atoms with Gasteiger partial charge in [0, 0.05) is 22.7 Å². The van der Waals surface area contributed by atoms with Gasteiger partial charge in [0.15, 0.2) is 0 Å². The number of fused-ring (bicyclic) bond motifs is 2. The molecule has 29 heavy (non-hydrogen) atoms. The maximum Gasteiger partial charge on any atom is 0.224 e. The lowest BCUT2D eigenvalue weighted by molar-refractivity contribution is 0.298. The summed E-state index contributed by atoms with van der Waals surface area (Å²) in [6.45, 7) is 2.44. The van der Waals surface area contributed by atoms with E-state index in [0.29, 0.717) is 12.5 Å². The average Bonchev–Trinajstić information content (AvgIpc) is 2.78. The molecule has 0 bridgehead atoms. The van der Waals surface area contributed by atoms with Crippen molar-refractivity contribution in [1.29, 1.82) is 0 Å². The van der Waals surface area contributed by atoms with Gasteiger partial charge in [0.1, 0.15) is 12.9 Å². The van der Waals surface area contributed by atoms with Crippen LogP contribution in [0.15, 0.2) is 79.4 Å². The molecule has 3 aromatic heterocycles. The molecule has 0 fully saturated rings. The number of nitrogens with zero attached hydrogens (tertiary/aromatic N) is 4. The van der Waals surface area contributed by atoms with E-state index in [9.17, 15) is 0 Å². The molecular formula is C24H18N4O. The van der Waals surface area contributed by atoms with E-state index in [1.54, 1.807) is 12.4 Å². The highest BCUT2D eigenvalue weighted by Crippen LogP contribution is 2.29. The summed E-state index contributed by atoms with van der Waals surface area (Å²) in [5.41, 5.74) is 5.92. The predicted molar refractivity (Wildman–Crippen MR) is 114 cm³/mol. The first-order chi connectivity index (χ1) is 14.3. The lowest BCUT2D eigenvalue weighted by Crippen LogP contribution is -2.03. The van der Waals surface area contributed by atoms with Crippen LogP contribution in [0, 0.1) is 6.92 Å². The van der Waals surface area contributed by atoms with Crippen molar-refractivity contribution in [3.05, 3.63) is 90.5 Å². The summed E-state index contributed by atoms with van der Waals surface area (Å²) in [7, 11) is 0. The van der Waals surface area contributed by atoms with Crippen LogP contribution < -0.4 is 4.74 Å². The van der Waals surface area contributed by atoms with Crippen molar-refractivity contribution in [2.75, 3.05) is 0 Å². The zero-order chi connectivity index (χ0) is 19.6. The normalized spacial score (nSPS) is 11.1. The second-order valence-electron chi connectivity index (χ2n) is 6.87. The third-order valence-electron chi connectivity index (χ3n) is 4.94. The Balaban J connectivity index is 1.60. The number of ether oxygens (including phenoxy) is 1. The van der Waals surface area contributed by atoms with Gasteiger partial charge in [-0.15, -0.1) is 0 Å². The lowest BCUT2D eigenvalue weighted by atomic mass is 10.0. The van der Waals surface area contributed by atoms with Gasteiger partial charge in [0.25, 0.3) is 0 Å². The topological polar surface area (TPSA) is 60.8 Å². The zero-order valence-electron chi connectivity index (χ0n) is 15.9. The second kappa shape index (κ2) is 7.28. The third-order valence-corrected chi connectivity index (χ3v) is 4.94. The molecule has 3 heterocycles. The molecule has 0 atom stereocenters. The van der Waals surface area contributed by atoms with Gasteiger partial charge < -0.3 is 4.74 Å². The summed E-state index contributed by atoms with van der Waals surface area (Å²) < 4.78 is 6.13. The van der Waals surface area contributed by atoms with Crippen molar-refractivity contribution in [1.82, 2.24) is 19.9 Å². The molecule has 140 valence electrons. The summed E-state index contributed by atoms with van der Waals surface area (Å²) in [4.78, 5) is 17.7. The first-order valence-corrected chi connectivity index (χ1v) is 9.42. The largest absolute Gasteiger partial charge is 0.472 e. The molecule has 0 N–H and O–H groups in total. The van der Waals surface area contributed by atoms with E-state index in [1.165, 1.54) is 6.33 Å². The molecule has 0 radical (unpaired) electrons. The van der Waals surface area contributed by atoms with E-state index in [-0.39, 0.29) is 0 Å². The average molecular weight is 378 g/mol. The Morgan fingerprint density at radius 2 is 1.83 bits per heavy atom. The monoisotopic (exact) mass is 378 g/mol. The fourth-order valence-electron chi connectivity index (χ4n) is 3.49. The molecule has 5 rings (SSSR count). The summed E-state index contributed by atoms with van der Waals surface area (Å²) >= 11 is 0. The van der Waals surface area contributed by atoms with Gasteiger partial charge in [-0.3, -0.25) is 4.98 Å². The third kappa shape index (κ3) is 3.27. The lowest BCUT2D eigenvalue weighted by Gasteiger charge is -2.13. The number of pyridine rings is 2. The molecule has 5 nitrogen and oxygen atoms in total. The van der Waals surface area contributed by atoms with Crippen LogP contribution in [0.3, 0.4) is 0 Å². The fraction of sp³-hybridized carbons (Fsp3) is 0.0833. The van der Waals surface area contributed by atoms with Gasteiger partial charge in [0.05, 0.1) is 28.3 Å². The molecule has 0 aliphatic heterocycles. The second-order valence-corrected chi connectivity index (χ2v) is 6.87. The Kier molecular flexibility index (Phi) is 4.33. The number of hydrogen-bond acceptors (Lipinski definition) is 5. The molecule has 0 aliphatic carbocycles. The molecule has 2 aromatic carbocycles. The summed E-state index contributed by atoms with van der Waals surface area (Å²) in [5.74, 6) is 0.542. The maximum absolute atomic E-state index is 6.13. The minimum atomic E-state index is 0.357. The summed E-state index contributed by atoms with van der Waals surface area (Å²) in [6, 6.07) is 20.4. The van der Waals surface area contributed by atoms with Crippen LogP contribution in [0.5, 0.6) is 5.88 Å². The number of para-hydroxylation sites is 1. The summed E-state index contributed by atoms with van der Waals surface area (Å²) in [6.07, 6.45) is 4.92. The number of benzene rings is 2. The van der Waals surface area contributed by atoms with Crippen LogP contribution in [0.2, 0.25) is 0 Å². The van der Waals surface area contributed by atoms with Gasteiger partial charge in [-0.05, 0) is 24.6 Å². The molecule has 5 heteroatoms. The Hall–Kier alpha value is -3.86. The number of aromatic nitrogens is 4. The van der Waals surface area contributed by atoms with Gasteiger partial charge >= 0.3 is 0 Å². The first kappa shape index (κ1) is 17.3. The van der Waals surface area contributed by atoms with Crippen molar-refractivity contribution in [3.8, 4) is 17.1 Å². The van der Waals surface area contributed by atoms with Crippen LogP contribution in [0.4, 0.5) is 0 Å². The van der Waals surface area contributed by atoms with Gasteiger partial charge in [-0.1, -0.05) is 48.5 Å². The van der Waals surface area contributed by atoms with Gasteiger partial charge in [0.2, 0.25) is 5.88 Å². The Morgan fingerprint density at radius 1 is 0.931 bits per heavy atom. The Labute approximate surface area is 168 Å². The highest BCUT2D eigenvalue weighted by molar-refractivity contribution is 5.86. The van der Waals surface area contributed by atoms with Crippen molar-refractivity contribution < 1.29 is 4.74 Å². The Bertz CT molecular complexity index is 1310. The molecule has 0 aliphatic rings. The van der Waals surface area contributed by atoms with E-state index in [2.05, 4.69) is 58.3 Å². The summed E-state index contributed by atoms with van der Waals surface area (Å²) in [5, 5.41) is 1.94. The predicted octanol–water partition coefficient (Wildman–Crippen LogP) is 5.13. The fourth-order valence-corrected chi connectivity index (χ4v) is 3.49. The van der Waals surface area contributed by atoms with E-state index in [4.69, 9.17) is 9.72 Å². The molecule has 0 unspecified atom stereocenters.